The van der Waals surface area contributed by atoms with Crippen LogP contribution in [0.1, 0.15) is 29.2 Å². The van der Waals surface area contributed by atoms with Crippen molar-refractivity contribution in [2.24, 2.45) is 0 Å². The molecule has 21 heavy (non-hydrogen) atoms. The SMILES string of the molecule is Cc1ccc(C)c(C(C)(O)c2cccc3ccncc23)c1. The minimum absolute atomic E-state index is 0.891. The second-order valence-corrected chi connectivity index (χ2v) is 5.79. The van der Waals surface area contributed by atoms with Crippen molar-refractivity contribution in [3.63, 3.8) is 0 Å². The zero-order chi connectivity index (χ0) is 15.0. The molecule has 0 bridgehead atoms. The predicted octanol–water partition coefficient (Wildman–Crippen LogP) is 4.11. The highest BCUT2D eigenvalue weighted by atomic mass is 16.3. The number of hydrogen-bond donors (Lipinski definition) is 1. The van der Waals surface area contributed by atoms with E-state index in [-0.39, 0.29) is 0 Å². The van der Waals surface area contributed by atoms with E-state index in [1.807, 2.05) is 51.2 Å². The summed E-state index contributed by atoms with van der Waals surface area (Å²) in [6.07, 6.45) is 3.60. The van der Waals surface area contributed by atoms with Crippen molar-refractivity contribution in [3.05, 3.63) is 77.1 Å². The second-order valence-electron chi connectivity index (χ2n) is 5.79. The van der Waals surface area contributed by atoms with Gasteiger partial charge in [-0.1, -0.05) is 42.0 Å². The summed E-state index contributed by atoms with van der Waals surface area (Å²) < 4.78 is 0. The molecule has 1 heterocycles. The topological polar surface area (TPSA) is 33.1 Å². The Kier molecular flexibility index (Phi) is 3.26. The summed E-state index contributed by atoms with van der Waals surface area (Å²) in [5, 5.41) is 13.3. The van der Waals surface area contributed by atoms with Crippen molar-refractivity contribution in [2.45, 2.75) is 26.4 Å². The molecule has 1 N–H and O–H groups in total. The quantitative estimate of drug-likeness (QED) is 0.764. The van der Waals surface area contributed by atoms with Gasteiger partial charge in [-0.05, 0) is 48.9 Å². The zero-order valence-electron chi connectivity index (χ0n) is 12.6. The highest BCUT2D eigenvalue weighted by Crippen LogP contribution is 2.35. The molecule has 0 saturated carbocycles. The molecule has 0 saturated heterocycles. The molecule has 1 atom stereocenters. The van der Waals surface area contributed by atoms with Gasteiger partial charge in [0.05, 0.1) is 0 Å². The molecule has 0 fully saturated rings. The van der Waals surface area contributed by atoms with Gasteiger partial charge in [-0.15, -0.1) is 0 Å². The summed E-state index contributed by atoms with van der Waals surface area (Å²) in [6.45, 7) is 5.94. The number of benzene rings is 2. The standard InChI is InChI=1S/C19H19NO/c1-13-7-8-14(2)18(11-13)19(3,21)17-6-4-5-15-9-10-20-12-16(15)17/h4-12,21H,1-3H3. The number of aryl methyl sites for hydroxylation is 2. The van der Waals surface area contributed by atoms with Crippen molar-refractivity contribution in [1.29, 1.82) is 0 Å². The highest BCUT2D eigenvalue weighted by molar-refractivity contribution is 5.86. The van der Waals surface area contributed by atoms with Crippen molar-refractivity contribution < 1.29 is 5.11 Å². The Hall–Kier alpha value is -2.19. The lowest BCUT2D eigenvalue weighted by atomic mass is 9.83. The van der Waals surface area contributed by atoms with E-state index in [4.69, 9.17) is 0 Å². The lowest BCUT2D eigenvalue weighted by Crippen LogP contribution is -2.24. The summed E-state index contributed by atoms with van der Waals surface area (Å²) in [4.78, 5) is 4.21. The minimum atomic E-state index is -1.04. The maximum atomic E-state index is 11.2. The van der Waals surface area contributed by atoms with Crippen LogP contribution in [0.2, 0.25) is 0 Å². The summed E-state index contributed by atoms with van der Waals surface area (Å²) in [5.74, 6) is 0. The van der Waals surface area contributed by atoms with Gasteiger partial charge in [0, 0.05) is 17.8 Å². The lowest BCUT2D eigenvalue weighted by molar-refractivity contribution is 0.103. The van der Waals surface area contributed by atoms with Crippen LogP contribution in [-0.4, -0.2) is 10.1 Å². The van der Waals surface area contributed by atoms with Crippen molar-refractivity contribution in [1.82, 2.24) is 4.98 Å². The van der Waals surface area contributed by atoms with Gasteiger partial charge in [0.25, 0.3) is 0 Å². The zero-order valence-corrected chi connectivity index (χ0v) is 12.6. The van der Waals surface area contributed by atoms with Crippen LogP contribution in [0.5, 0.6) is 0 Å². The molecule has 0 aliphatic carbocycles. The van der Waals surface area contributed by atoms with Gasteiger partial charge in [0.1, 0.15) is 5.60 Å². The Balaban J connectivity index is 2.27. The monoisotopic (exact) mass is 277 g/mol. The van der Waals surface area contributed by atoms with E-state index in [9.17, 15) is 5.11 Å². The fourth-order valence-corrected chi connectivity index (χ4v) is 2.94. The molecule has 0 radical (unpaired) electrons. The molecule has 2 heteroatoms. The smallest absolute Gasteiger partial charge is 0.113 e. The summed E-state index contributed by atoms with van der Waals surface area (Å²) >= 11 is 0. The normalized spacial score (nSPS) is 14.1. The molecule has 2 nitrogen and oxygen atoms in total. The predicted molar refractivity (Wildman–Crippen MR) is 86.3 cm³/mol. The summed E-state index contributed by atoms with van der Waals surface area (Å²) in [6, 6.07) is 14.2. The van der Waals surface area contributed by atoms with E-state index in [1.54, 1.807) is 6.20 Å². The Labute approximate surface area is 125 Å². The van der Waals surface area contributed by atoms with Gasteiger partial charge < -0.3 is 5.11 Å². The molecule has 1 aromatic heterocycles. The van der Waals surface area contributed by atoms with Crippen LogP contribution in [-0.2, 0) is 5.60 Å². The highest BCUT2D eigenvalue weighted by Gasteiger charge is 2.29. The van der Waals surface area contributed by atoms with Crippen LogP contribution in [0.25, 0.3) is 10.8 Å². The summed E-state index contributed by atoms with van der Waals surface area (Å²) in [7, 11) is 0. The number of rotatable bonds is 2. The van der Waals surface area contributed by atoms with Gasteiger partial charge in [-0.25, -0.2) is 0 Å². The van der Waals surface area contributed by atoms with E-state index in [1.165, 1.54) is 0 Å². The molecule has 1 unspecified atom stereocenters. The van der Waals surface area contributed by atoms with Gasteiger partial charge in [0.15, 0.2) is 0 Å². The molecule has 0 amide bonds. The Morgan fingerprint density at radius 2 is 1.81 bits per heavy atom. The van der Waals surface area contributed by atoms with Crippen LogP contribution in [0.4, 0.5) is 0 Å². The number of fused-ring (bicyclic) bond motifs is 1. The fraction of sp³-hybridized carbons (Fsp3) is 0.211. The first-order valence-corrected chi connectivity index (χ1v) is 7.13. The van der Waals surface area contributed by atoms with Crippen LogP contribution in [0.3, 0.4) is 0 Å². The third kappa shape index (κ3) is 2.32. The van der Waals surface area contributed by atoms with Gasteiger partial charge >= 0.3 is 0 Å². The molecule has 3 rings (SSSR count). The minimum Gasteiger partial charge on any atom is -0.381 e. The van der Waals surface area contributed by atoms with E-state index < -0.39 is 5.60 Å². The van der Waals surface area contributed by atoms with Gasteiger partial charge in [-0.2, -0.15) is 0 Å². The maximum Gasteiger partial charge on any atom is 0.113 e. The number of aromatic nitrogens is 1. The fourth-order valence-electron chi connectivity index (χ4n) is 2.94. The Morgan fingerprint density at radius 3 is 2.62 bits per heavy atom. The maximum absolute atomic E-state index is 11.2. The van der Waals surface area contributed by atoms with E-state index in [2.05, 4.69) is 23.2 Å². The molecule has 0 aliphatic rings. The average molecular weight is 277 g/mol. The molecular weight excluding hydrogens is 258 g/mol. The third-order valence-electron chi connectivity index (χ3n) is 4.13. The van der Waals surface area contributed by atoms with E-state index in [0.29, 0.717) is 0 Å². The van der Waals surface area contributed by atoms with Gasteiger partial charge in [0.2, 0.25) is 0 Å². The Bertz CT molecular complexity index is 800. The summed E-state index contributed by atoms with van der Waals surface area (Å²) in [5.41, 5.74) is 3.03. The lowest BCUT2D eigenvalue weighted by Gasteiger charge is -2.28. The first-order chi connectivity index (χ1) is 10.00. The number of hydrogen-bond acceptors (Lipinski definition) is 2. The molecule has 0 aliphatic heterocycles. The number of aliphatic hydroxyl groups is 1. The number of pyridine rings is 1. The largest absolute Gasteiger partial charge is 0.381 e. The molecule has 106 valence electrons. The van der Waals surface area contributed by atoms with Crippen LogP contribution in [0.15, 0.2) is 54.9 Å². The molecule has 3 aromatic rings. The van der Waals surface area contributed by atoms with Crippen molar-refractivity contribution in [2.75, 3.05) is 0 Å². The molecule has 2 aromatic carbocycles. The van der Waals surface area contributed by atoms with Crippen molar-refractivity contribution in [3.8, 4) is 0 Å². The molecule has 0 spiro atoms. The first kappa shape index (κ1) is 13.8. The van der Waals surface area contributed by atoms with E-state index in [0.717, 1.165) is 33.0 Å². The van der Waals surface area contributed by atoms with Gasteiger partial charge in [-0.3, -0.25) is 4.98 Å². The van der Waals surface area contributed by atoms with Crippen LogP contribution >= 0.6 is 0 Å². The molecular formula is C19H19NO. The van der Waals surface area contributed by atoms with Crippen LogP contribution in [0, 0.1) is 13.8 Å². The third-order valence-corrected chi connectivity index (χ3v) is 4.13. The van der Waals surface area contributed by atoms with E-state index >= 15 is 0 Å². The average Bonchev–Trinajstić information content (AvgIpc) is 2.49. The number of nitrogens with zero attached hydrogens (tertiary/aromatic N) is 1. The van der Waals surface area contributed by atoms with Crippen LogP contribution < -0.4 is 0 Å². The first-order valence-electron chi connectivity index (χ1n) is 7.13. The second kappa shape index (κ2) is 4.97. The Morgan fingerprint density at radius 1 is 1.00 bits per heavy atom. The van der Waals surface area contributed by atoms with Crippen molar-refractivity contribution >= 4 is 10.8 Å².